The molecule has 1 rings (SSSR count). The van der Waals surface area contributed by atoms with Crippen molar-refractivity contribution in [3.63, 3.8) is 0 Å². The summed E-state index contributed by atoms with van der Waals surface area (Å²) in [6, 6.07) is 7.55. The van der Waals surface area contributed by atoms with Crippen LogP contribution in [0.5, 0.6) is 5.75 Å². The quantitative estimate of drug-likeness (QED) is 0.659. The van der Waals surface area contributed by atoms with Crippen LogP contribution in [0.25, 0.3) is 0 Å². The van der Waals surface area contributed by atoms with Gasteiger partial charge in [0, 0.05) is 5.02 Å². The molecule has 0 amide bonds. The number of unbranched alkanes of at least 4 members (excludes halogenated alkanes) is 1. The van der Waals surface area contributed by atoms with Gasteiger partial charge in [-0.1, -0.05) is 31.5 Å². The lowest BCUT2D eigenvalue weighted by Gasteiger charge is -2.07. The zero-order chi connectivity index (χ0) is 11.8. The van der Waals surface area contributed by atoms with Crippen LogP contribution in [-0.4, -0.2) is 17.6 Å². The predicted octanol–water partition coefficient (Wildman–Crippen LogP) is 4.64. The Kier molecular flexibility index (Phi) is 6.74. The Morgan fingerprint density at radius 2 is 2.12 bits per heavy atom. The Morgan fingerprint density at radius 3 is 2.81 bits per heavy atom. The summed E-state index contributed by atoms with van der Waals surface area (Å²) in [5.41, 5.74) is 0. The third-order valence-corrected chi connectivity index (χ3v) is 3.48. The van der Waals surface area contributed by atoms with Crippen LogP contribution in [0, 0.1) is 0 Å². The lowest BCUT2D eigenvalue weighted by atomic mass is 10.3. The first-order chi connectivity index (χ1) is 7.68. The highest BCUT2D eigenvalue weighted by molar-refractivity contribution is 7.99. The molecule has 0 aromatic heterocycles. The van der Waals surface area contributed by atoms with E-state index in [0.717, 1.165) is 29.0 Å². The molecule has 0 fully saturated rings. The molecule has 0 aliphatic carbocycles. The van der Waals surface area contributed by atoms with E-state index in [1.165, 1.54) is 12.2 Å². The topological polar surface area (TPSA) is 9.23 Å². The van der Waals surface area contributed by atoms with Gasteiger partial charge in [0.25, 0.3) is 0 Å². The van der Waals surface area contributed by atoms with E-state index in [0.29, 0.717) is 0 Å². The van der Waals surface area contributed by atoms with E-state index in [9.17, 15) is 0 Å². The van der Waals surface area contributed by atoms with E-state index in [4.69, 9.17) is 16.3 Å². The van der Waals surface area contributed by atoms with Crippen molar-refractivity contribution >= 4 is 23.4 Å². The Hall–Kier alpha value is -0.340. The zero-order valence-corrected chi connectivity index (χ0v) is 11.5. The maximum absolute atomic E-state index is 5.86. The Balaban J connectivity index is 2.07. The molecule has 0 heterocycles. The molecule has 0 saturated carbocycles. The van der Waals surface area contributed by atoms with Crippen molar-refractivity contribution in [2.45, 2.75) is 31.9 Å². The van der Waals surface area contributed by atoms with Crippen molar-refractivity contribution in [1.29, 1.82) is 0 Å². The molecule has 0 aliphatic heterocycles. The lowest BCUT2D eigenvalue weighted by molar-refractivity contribution is 0.310. The molecule has 0 radical (unpaired) electrons. The van der Waals surface area contributed by atoms with Gasteiger partial charge in [0.2, 0.25) is 0 Å². The van der Waals surface area contributed by atoms with E-state index in [1.54, 1.807) is 0 Å². The highest BCUT2D eigenvalue weighted by atomic mass is 35.5. The first-order valence-corrected chi connectivity index (χ1v) is 7.11. The van der Waals surface area contributed by atoms with Crippen LogP contribution >= 0.6 is 23.4 Å². The van der Waals surface area contributed by atoms with Crippen LogP contribution in [-0.2, 0) is 0 Å². The molecule has 0 saturated heterocycles. The summed E-state index contributed by atoms with van der Waals surface area (Å²) >= 11 is 7.86. The van der Waals surface area contributed by atoms with E-state index < -0.39 is 0 Å². The monoisotopic (exact) mass is 258 g/mol. The fourth-order valence-electron chi connectivity index (χ4n) is 1.27. The summed E-state index contributed by atoms with van der Waals surface area (Å²) in [7, 11) is 0. The van der Waals surface area contributed by atoms with Gasteiger partial charge in [-0.15, -0.1) is 0 Å². The second kappa shape index (κ2) is 7.86. The maximum atomic E-state index is 5.86. The number of thioether (sulfide) groups is 1. The first kappa shape index (κ1) is 13.7. The van der Waals surface area contributed by atoms with Crippen LogP contribution < -0.4 is 4.74 Å². The number of hydrogen-bond acceptors (Lipinski definition) is 2. The standard InChI is InChI=1S/C13H19ClOS/c1-11(2)16-9-4-3-8-15-13-7-5-6-12(14)10-13/h5-7,10-11H,3-4,8-9H2,1-2H3. The molecule has 0 unspecified atom stereocenters. The van der Waals surface area contributed by atoms with E-state index in [2.05, 4.69) is 13.8 Å². The average molecular weight is 259 g/mol. The molecule has 0 bridgehead atoms. The van der Waals surface area contributed by atoms with Crippen molar-refractivity contribution in [3.8, 4) is 5.75 Å². The average Bonchev–Trinajstić information content (AvgIpc) is 2.23. The van der Waals surface area contributed by atoms with Gasteiger partial charge < -0.3 is 4.74 Å². The van der Waals surface area contributed by atoms with Crippen LogP contribution in [0.15, 0.2) is 24.3 Å². The number of ether oxygens (including phenoxy) is 1. The summed E-state index contributed by atoms with van der Waals surface area (Å²) in [4.78, 5) is 0. The molecular weight excluding hydrogens is 240 g/mol. The maximum Gasteiger partial charge on any atom is 0.120 e. The lowest BCUT2D eigenvalue weighted by Crippen LogP contribution is -1.98. The Bertz CT molecular complexity index is 302. The van der Waals surface area contributed by atoms with Crippen molar-refractivity contribution in [2.24, 2.45) is 0 Å². The number of halogens is 1. The van der Waals surface area contributed by atoms with Gasteiger partial charge in [0.15, 0.2) is 0 Å². The predicted molar refractivity (Wildman–Crippen MR) is 73.8 cm³/mol. The van der Waals surface area contributed by atoms with Gasteiger partial charge in [-0.25, -0.2) is 0 Å². The summed E-state index contributed by atoms with van der Waals surface area (Å²) in [5, 5.41) is 1.46. The third-order valence-electron chi connectivity index (χ3n) is 2.05. The van der Waals surface area contributed by atoms with Crippen molar-refractivity contribution in [1.82, 2.24) is 0 Å². The Labute approximate surface area is 108 Å². The fraction of sp³-hybridized carbons (Fsp3) is 0.538. The molecule has 1 aromatic rings. The molecule has 0 spiro atoms. The molecule has 16 heavy (non-hydrogen) atoms. The van der Waals surface area contributed by atoms with E-state index in [-0.39, 0.29) is 0 Å². The fourth-order valence-corrected chi connectivity index (χ4v) is 2.29. The number of rotatable bonds is 7. The van der Waals surface area contributed by atoms with Crippen molar-refractivity contribution in [3.05, 3.63) is 29.3 Å². The van der Waals surface area contributed by atoms with Gasteiger partial charge >= 0.3 is 0 Å². The molecular formula is C13H19ClOS. The van der Waals surface area contributed by atoms with Crippen LogP contribution in [0.1, 0.15) is 26.7 Å². The van der Waals surface area contributed by atoms with Crippen LogP contribution in [0.2, 0.25) is 5.02 Å². The normalized spacial score (nSPS) is 10.8. The van der Waals surface area contributed by atoms with Crippen molar-refractivity contribution < 1.29 is 4.74 Å². The highest BCUT2D eigenvalue weighted by Crippen LogP contribution is 2.17. The number of benzene rings is 1. The van der Waals surface area contributed by atoms with Gasteiger partial charge in [-0.3, -0.25) is 0 Å². The van der Waals surface area contributed by atoms with Crippen molar-refractivity contribution in [2.75, 3.05) is 12.4 Å². The van der Waals surface area contributed by atoms with Gasteiger partial charge in [0.1, 0.15) is 5.75 Å². The summed E-state index contributed by atoms with van der Waals surface area (Å²) in [5.74, 6) is 2.08. The SMILES string of the molecule is CC(C)SCCCCOc1cccc(Cl)c1. The Morgan fingerprint density at radius 1 is 1.31 bits per heavy atom. The molecule has 0 atom stereocenters. The minimum absolute atomic E-state index is 0.730. The zero-order valence-electron chi connectivity index (χ0n) is 9.91. The summed E-state index contributed by atoms with van der Waals surface area (Å²) in [6.07, 6.45) is 2.32. The highest BCUT2D eigenvalue weighted by Gasteiger charge is 1.96. The minimum Gasteiger partial charge on any atom is -0.494 e. The summed E-state index contributed by atoms with van der Waals surface area (Å²) < 4.78 is 5.60. The number of hydrogen-bond donors (Lipinski definition) is 0. The van der Waals surface area contributed by atoms with E-state index >= 15 is 0 Å². The molecule has 0 aliphatic rings. The summed E-state index contributed by atoms with van der Waals surface area (Å²) in [6.45, 7) is 5.24. The second-order valence-corrected chi connectivity index (χ2v) is 6.05. The molecule has 1 aromatic carbocycles. The largest absolute Gasteiger partial charge is 0.494 e. The molecule has 3 heteroatoms. The second-order valence-electron chi connectivity index (χ2n) is 3.93. The van der Waals surface area contributed by atoms with E-state index in [1.807, 2.05) is 36.0 Å². The molecule has 0 N–H and O–H groups in total. The minimum atomic E-state index is 0.730. The molecule has 90 valence electrons. The van der Waals surface area contributed by atoms with Crippen LogP contribution in [0.4, 0.5) is 0 Å². The van der Waals surface area contributed by atoms with Gasteiger partial charge in [0.05, 0.1) is 6.61 Å². The smallest absolute Gasteiger partial charge is 0.120 e. The molecule has 1 nitrogen and oxygen atoms in total. The van der Waals surface area contributed by atoms with Gasteiger partial charge in [-0.05, 0) is 42.0 Å². The third kappa shape index (κ3) is 6.29. The first-order valence-electron chi connectivity index (χ1n) is 5.68. The van der Waals surface area contributed by atoms with Crippen LogP contribution in [0.3, 0.4) is 0 Å². The van der Waals surface area contributed by atoms with Gasteiger partial charge in [-0.2, -0.15) is 11.8 Å².